The average Bonchev–Trinajstić information content (AvgIpc) is 2.34. The lowest BCUT2D eigenvalue weighted by molar-refractivity contribution is 0.447. The van der Waals surface area contributed by atoms with Crippen LogP contribution in [0.3, 0.4) is 0 Å². The molecule has 0 saturated heterocycles. The zero-order valence-corrected chi connectivity index (χ0v) is 10.2. The van der Waals surface area contributed by atoms with E-state index in [1.165, 1.54) is 0 Å². The molecule has 0 atom stereocenters. The molecule has 0 bridgehead atoms. The smallest absolute Gasteiger partial charge is 0.328 e. The van der Waals surface area contributed by atoms with Gasteiger partial charge in [-0.25, -0.2) is 4.79 Å². The SMILES string of the molecule is O=c1[nH]c(O)c(/C=N\Nc2ccc(Cl)cc2)c(=O)[nH]1. The number of aromatic amines is 2. The van der Waals surface area contributed by atoms with E-state index in [0.717, 1.165) is 6.21 Å². The lowest BCUT2D eigenvalue weighted by Gasteiger charge is -2.00. The van der Waals surface area contributed by atoms with E-state index in [1.54, 1.807) is 24.3 Å². The molecule has 0 amide bonds. The number of halogens is 1. The standard InChI is InChI=1S/C11H9ClN4O3/c12-6-1-3-7(4-2-6)16-13-5-8-9(17)14-11(19)15-10(8)18/h1-5,16H,(H3,14,15,17,18,19)/b13-5-. The number of aromatic nitrogens is 2. The van der Waals surface area contributed by atoms with Crippen molar-refractivity contribution < 1.29 is 5.11 Å². The third-order valence-corrected chi connectivity index (χ3v) is 2.44. The van der Waals surface area contributed by atoms with Gasteiger partial charge in [0.25, 0.3) is 5.56 Å². The van der Waals surface area contributed by atoms with Gasteiger partial charge in [-0.05, 0) is 24.3 Å². The molecule has 2 aromatic rings. The van der Waals surface area contributed by atoms with Crippen LogP contribution in [0.4, 0.5) is 5.69 Å². The molecule has 1 heterocycles. The summed E-state index contributed by atoms with van der Waals surface area (Å²) in [5.41, 5.74) is 1.63. The molecule has 0 fully saturated rings. The van der Waals surface area contributed by atoms with Crippen LogP contribution in [-0.2, 0) is 0 Å². The van der Waals surface area contributed by atoms with Gasteiger partial charge < -0.3 is 5.11 Å². The summed E-state index contributed by atoms with van der Waals surface area (Å²) in [6.45, 7) is 0. The predicted molar refractivity (Wildman–Crippen MR) is 72.0 cm³/mol. The molecular formula is C11H9ClN4O3. The van der Waals surface area contributed by atoms with Crippen molar-refractivity contribution in [2.24, 2.45) is 5.10 Å². The second kappa shape index (κ2) is 5.40. The molecule has 98 valence electrons. The number of hydrogen-bond donors (Lipinski definition) is 4. The molecule has 8 heteroatoms. The Morgan fingerprint density at radius 1 is 1.21 bits per heavy atom. The minimum absolute atomic E-state index is 0.152. The number of nitrogens with zero attached hydrogens (tertiary/aromatic N) is 1. The van der Waals surface area contributed by atoms with Crippen LogP contribution in [0.1, 0.15) is 5.56 Å². The molecular weight excluding hydrogens is 272 g/mol. The van der Waals surface area contributed by atoms with Gasteiger partial charge in [-0.2, -0.15) is 5.10 Å². The first kappa shape index (κ1) is 12.9. The summed E-state index contributed by atoms with van der Waals surface area (Å²) >= 11 is 5.72. The highest BCUT2D eigenvalue weighted by Crippen LogP contribution is 2.13. The third-order valence-electron chi connectivity index (χ3n) is 2.19. The first-order chi connectivity index (χ1) is 9.06. The molecule has 19 heavy (non-hydrogen) atoms. The van der Waals surface area contributed by atoms with Crippen LogP contribution in [0.25, 0.3) is 0 Å². The van der Waals surface area contributed by atoms with E-state index in [0.29, 0.717) is 10.7 Å². The summed E-state index contributed by atoms with van der Waals surface area (Å²) in [5, 5.41) is 13.8. The number of benzene rings is 1. The Labute approximate surface area is 111 Å². The van der Waals surface area contributed by atoms with Crippen LogP contribution in [-0.4, -0.2) is 21.3 Å². The first-order valence-corrected chi connectivity index (χ1v) is 5.54. The van der Waals surface area contributed by atoms with Crippen LogP contribution < -0.4 is 16.7 Å². The van der Waals surface area contributed by atoms with Crippen LogP contribution in [0.2, 0.25) is 5.02 Å². The number of hydrogen-bond acceptors (Lipinski definition) is 5. The maximum absolute atomic E-state index is 11.4. The number of hydrazone groups is 1. The summed E-state index contributed by atoms with van der Waals surface area (Å²) in [6, 6.07) is 6.72. The Balaban J connectivity index is 2.18. The van der Waals surface area contributed by atoms with Crippen molar-refractivity contribution >= 4 is 23.5 Å². The molecule has 2 rings (SSSR count). The highest BCUT2D eigenvalue weighted by atomic mass is 35.5. The van der Waals surface area contributed by atoms with Crippen LogP contribution in [0.5, 0.6) is 5.88 Å². The maximum atomic E-state index is 11.4. The first-order valence-electron chi connectivity index (χ1n) is 5.16. The Morgan fingerprint density at radius 2 is 1.89 bits per heavy atom. The number of H-pyrrole nitrogens is 2. The van der Waals surface area contributed by atoms with Crippen molar-refractivity contribution in [2.75, 3.05) is 5.43 Å². The van der Waals surface area contributed by atoms with Gasteiger partial charge in [0.2, 0.25) is 5.88 Å². The van der Waals surface area contributed by atoms with E-state index < -0.39 is 17.1 Å². The topological polar surface area (TPSA) is 110 Å². The lowest BCUT2D eigenvalue weighted by Crippen LogP contribution is -2.25. The van der Waals surface area contributed by atoms with Crippen LogP contribution in [0, 0.1) is 0 Å². The fraction of sp³-hybridized carbons (Fsp3) is 0. The second-order valence-corrected chi connectivity index (χ2v) is 3.98. The minimum atomic E-state index is -0.787. The Kier molecular flexibility index (Phi) is 3.67. The monoisotopic (exact) mass is 280 g/mol. The summed E-state index contributed by atoms with van der Waals surface area (Å²) in [7, 11) is 0. The Hall–Kier alpha value is -2.54. The van der Waals surface area contributed by atoms with Crippen molar-refractivity contribution in [2.45, 2.75) is 0 Å². The normalized spacial score (nSPS) is 10.8. The van der Waals surface area contributed by atoms with Gasteiger partial charge in [0.05, 0.1) is 11.9 Å². The van der Waals surface area contributed by atoms with E-state index >= 15 is 0 Å². The van der Waals surface area contributed by atoms with E-state index in [9.17, 15) is 14.7 Å². The Bertz CT molecular complexity index is 718. The fourth-order valence-electron chi connectivity index (χ4n) is 1.30. The van der Waals surface area contributed by atoms with Gasteiger partial charge in [0.15, 0.2) is 0 Å². The molecule has 7 nitrogen and oxygen atoms in total. The fourth-order valence-corrected chi connectivity index (χ4v) is 1.43. The maximum Gasteiger partial charge on any atom is 0.328 e. The van der Waals surface area contributed by atoms with E-state index in [4.69, 9.17) is 11.6 Å². The highest BCUT2D eigenvalue weighted by molar-refractivity contribution is 6.30. The number of aromatic hydroxyl groups is 1. The molecule has 1 aromatic carbocycles. The molecule has 0 aliphatic rings. The molecule has 1 aromatic heterocycles. The van der Waals surface area contributed by atoms with Crippen molar-refractivity contribution in [3.8, 4) is 5.88 Å². The number of anilines is 1. The third kappa shape index (κ3) is 3.23. The number of nitrogens with one attached hydrogen (secondary N) is 3. The second-order valence-electron chi connectivity index (χ2n) is 3.55. The molecule has 0 saturated carbocycles. The minimum Gasteiger partial charge on any atom is -0.494 e. The lowest BCUT2D eigenvalue weighted by atomic mass is 10.3. The zero-order chi connectivity index (χ0) is 13.8. The number of rotatable bonds is 3. The molecule has 0 spiro atoms. The van der Waals surface area contributed by atoms with Gasteiger partial charge in [-0.15, -0.1) is 0 Å². The molecule has 4 N–H and O–H groups in total. The zero-order valence-electron chi connectivity index (χ0n) is 9.48. The van der Waals surface area contributed by atoms with Gasteiger partial charge >= 0.3 is 5.69 Å². The summed E-state index contributed by atoms with van der Waals surface area (Å²) < 4.78 is 0. The van der Waals surface area contributed by atoms with Crippen molar-refractivity contribution in [3.05, 3.63) is 55.7 Å². The van der Waals surface area contributed by atoms with Crippen LogP contribution in [0.15, 0.2) is 39.0 Å². The summed E-state index contributed by atoms with van der Waals surface area (Å²) in [5.74, 6) is -0.546. The highest BCUT2D eigenvalue weighted by Gasteiger charge is 2.04. The largest absolute Gasteiger partial charge is 0.494 e. The molecule has 0 aliphatic carbocycles. The van der Waals surface area contributed by atoms with Crippen molar-refractivity contribution in [3.63, 3.8) is 0 Å². The van der Waals surface area contributed by atoms with Crippen LogP contribution >= 0.6 is 11.6 Å². The van der Waals surface area contributed by atoms with E-state index in [2.05, 4.69) is 10.5 Å². The average molecular weight is 281 g/mol. The van der Waals surface area contributed by atoms with Gasteiger partial charge in [-0.1, -0.05) is 11.6 Å². The predicted octanol–water partition coefficient (Wildman–Crippen LogP) is 0.868. The molecule has 0 radical (unpaired) electrons. The van der Waals surface area contributed by atoms with E-state index in [-0.39, 0.29) is 5.56 Å². The summed E-state index contributed by atoms with van der Waals surface area (Å²) in [4.78, 5) is 26.2. The summed E-state index contributed by atoms with van der Waals surface area (Å²) in [6.07, 6.45) is 1.10. The quantitative estimate of drug-likeness (QED) is 0.494. The van der Waals surface area contributed by atoms with Crippen molar-refractivity contribution in [1.29, 1.82) is 0 Å². The van der Waals surface area contributed by atoms with Gasteiger partial charge in [-0.3, -0.25) is 20.2 Å². The molecule has 0 unspecified atom stereocenters. The Morgan fingerprint density at radius 3 is 2.53 bits per heavy atom. The van der Waals surface area contributed by atoms with E-state index in [1.807, 2.05) is 9.97 Å². The van der Waals surface area contributed by atoms with Crippen molar-refractivity contribution in [1.82, 2.24) is 9.97 Å². The van der Waals surface area contributed by atoms with Gasteiger partial charge in [0.1, 0.15) is 5.56 Å². The van der Waals surface area contributed by atoms with Gasteiger partial charge in [0, 0.05) is 5.02 Å². The molecule has 0 aliphatic heterocycles.